The van der Waals surface area contributed by atoms with Gasteiger partial charge in [0.05, 0.1) is 36.9 Å². The molecule has 0 radical (unpaired) electrons. The van der Waals surface area contributed by atoms with Crippen LogP contribution in [-0.4, -0.2) is 38.7 Å². The Hall–Kier alpha value is -4.41. The zero-order valence-corrected chi connectivity index (χ0v) is 21.9. The highest BCUT2D eigenvalue weighted by molar-refractivity contribution is 7.92. The standard InChI is InChI=1S/C28H27N3O6S/c1-19-6-4-8-25(28(32)30-33)27(19)31(18-20-7-5-15-29-17-20)38(34,35)23-12-9-21(10-13-23)24-14-11-22(36-2)16-26(24)37-3/h4-17,33H,18H2,1-3H3,(H,30,32). The number of amides is 1. The molecule has 38 heavy (non-hydrogen) atoms. The summed E-state index contributed by atoms with van der Waals surface area (Å²) in [5.41, 5.74) is 4.46. The lowest BCUT2D eigenvalue weighted by Gasteiger charge is -2.28. The number of nitrogens with zero attached hydrogens (tertiary/aromatic N) is 2. The number of anilines is 1. The molecule has 0 atom stereocenters. The number of hydrogen-bond acceptors (Lipinski definition) is 7. The van der Waals surface area contributed by atoms with Gasteiger partial charge >= 0.3 is 0 Å². The molecule has 0 aliphatic carbocycles. The smallest absolute Gasteiger partial charge is 0.276 e. The fourth-order valence-corrected chi connectivity index (χ4v) is 5.68. The fourth-order valence-electron chi connectivity index (χ4n) is 4.15. The second-order valence-electron chi connectivity index (χ2n) is 8.38. The van der Waals surface area contributed by atoms with E-state index in [4.69, 9.17) is 9.47 Å². The van der Waals surface area contributed by atoms with Crippen LogP contribution in [0.1, 0.15) is 21.5 Å². The second-order valence-corrected chi connectivity index (χ2v) is 10.2. The van der Waals surface area contributed by atoms with E-state index in [0.717, 1.165) is 15.4 Å². The lowest BCUT2D eigenvalue weighted by atomic mass is 10.0. The van der Waals surface area contributed by atoms with E-state index in [-0.39, 0.29) is 22.7 Å². The minimum Gasteiger partial charge on any atom is -0.497 e. The second kappa shape index (κ2) is 11.3. The third kappa shape index (κ3) is 5.31. The molecule has 0 aliphatic rings. The zero-order chi connectivity index (χ0) is 27.3. The summed E-state index contributed by atoms with van der Waals surface area (Å²) in [6.07, 6.45) is 3.15. The molecule has 4 rings (SSSR count). The minimum atomic E-state index is -4.17. The van der Waals surface area contributed by atoms with Crippen molar-refractivity contribution in [2.75, 3.05) is 18.5 Å². The molecule has 9 nitrogen and oxygen atoms in total. The highest BCUT2D eigenvalue weighted by atomic mass is 32.2. The summed E-state index contributed by atoms with van der Waals surface area (Å²) in [6, 6.07) is 20.0. The van der Waals surface area contributed by atoms with Crippen LogP contribution >= 0.6 is 0 Å². The molecule has 1 heterocycles. The first-order chi connectivity index (χ1) is 18.3. The van der Waals surface area contributed by atoms with E-state index in [9.17, 15) is 18.4 Å². The SMILES string of the molecule is COc1ccc(-c2ccc(S(=O)(=O)N(Cc3cccnc3)c3c(C)cccc3C(=O)NO)cc2)c(OC)c1. The highest BCUT2D eigenvalue weighted by Gasteiger charge is 2.30. The predicted molar refractivity (Wildman–Crippen MR) is 143 cm³/mol. The van der Waals surface area contributed by atoms with Gasteiger partial charge in [0.15, 0.2) is 0 Å². The number of rotatable bonds is 9. The van der Waals surface area contributed by atoms with Crippen LogP contribution in [0.25, 0.3) is 11.1 Å². The van der Waals surface area contributed by atoms with Gasteiger partial charge in [-0.25, -0.2) is 13.9 Å². The number of methoxy groups -OCH3 is 2. The summed E-state index contributed by atoms with van der Waals surface area (Å²) < 4.78 is 40.1. The Balaban J connectivity index is 1.82. The van der Waals surface area contributed by atoms with E-state index < -0.39 is 15.9 Å². The van der Waals surface area contributed by atoms with Crippen LogP contribution in [0.15, 0.2) is 90.1 Å². The largest absolute Gasteiger partial charge is 0.497 e. The number of para-hydroxylation sites is 1. The molecule has 0 bridgehead atoms. The first kappa shape index (κ1) is 26.6. The number of carbonyl (C=O) groups excluding carboxylic acids is 1. The zero-order valence-electron chi connectivity index (χ0n) is 21.1. The Morgan fingerprint density at radius 2 is 1.76 bits per heavy atom. The van der Waals surface area contributed by atoms with Crippen LogP contribution in [0.3, 0.4) is 0 Å². The van der Waals surface area contributed by atoms with Gasteiger partial charge in [0.25, 0.3) is 15.9 Å². The van der Waals surface area contributed by atoms with Gasteiger partial charge in [-0.15, -0.1) is 0 Å². The third-order valence-electron chi connectivity index (χ3n) is 6.04. The molecular formula is C28H27N3O6S. The van der Waals surface area contributed by atoms with Crippen LogP contribution < -0.4 is 19.3 Å². The fraction of sp³-hybridized carbons (Fsp3) is 0.143. The molecule has 0 fully saturated rings. The molecular weight excluding hydrogens is 506 g/mol. The molecule has 0 saturated heterocycles. The average molecular weight is 534 g/mol. The Labute approximate surface area is 221 Å². The van der Waals surface area contributed by atoms with Crippen LogP contribution in [0.5, 0.6) is 11.5 Å². The number of nitrogens with one attached hydrogen (secondary N) is 1. The first-order valence-electron chi connectivity index (χ1n) is 11.6. The summed E-state index contributed by atoms with van der Waals surface area (Å²) >= 11 is 0. The Morgan fingerprint density at radius 3 is 2.39 bits per heavy atom. The summed E-state index contributed by atoms with van der Waals surface area (Å²) in [5.74, 6) is 0.395. The normalized spacial score (nSPS) is 11.1. The van der Waals surface area contributed by atoms with Gasteiger partial charge in [-0.05, 0) is 60.0 Å². The molecule has 0 spiro atoms. The van der Waals surface area contributed by atoms with Crippen LogP contribution in [0, 0.1) is 6.92 Å². The number of aryl methyl sites for hydroxylation is 1. The minimum absolute atomic E-state index is 0.0135. The van der Waals surface area contributed by atoms with Crippen molar-refractivity contribution in [2.45, 2.75) is 18.4 Å². The molecule has 1 amide bonds. The van der Waals surface area contributed by atoms with E-state index in [0.29, 0.717) is 22.6 Å². The van der Waals surface area contributed by atoms with Crippen molar-refractivity contribution < 1.29 is 27.9 Å². The van der Waals surface area contributed by atoms with E-state index in [2.05, 4.69) is 4.98 Å². The number of sulfonamides is 1. The molecule has 0 saturated carbocycles. The van der Waals surface area contributed by atoms with Crippen molar-refractivity contribution in [3.05, 3.63) is 102 Å². The number of benzene rings is 3. The highest BCUT2D eigenvalue weighted by Crippen LogP contribution is 2.36. The molecule has 4 aromatic rings. The number of hydroxylamine groups is 1. The van der Waals surface area contributed by atoms with Crippen molar-refractivity contribution >= 4 is 21.6 Å². The molecule has 3 aromatic carbocycles. The van der Waals surface area contributed by atoms with Gasteiger partial charge in [0, 0.05) is 24.0 Å². The number of aromatic nitrogens is 1. The maximum absolute atomic E-state index is 14.1. The molecule has 0 aliphatic heterocycles. The van der Waals surface area contributed by atoms with E-state index >= 15 is 0 Å². The Morgan fingerprint density at radius 1 is 1.00 bits per heavy atom. The molecule has 2 N–H and O–H groups in total. The van der Waals surface area contributed by atoms with Crippen molar-refractivity contribution in [1.29, 1.82) is 0 Å². The summed E-state index contributed by atoms with van der Waals surface area (Å²) in [5, 5.41) is 9.31. The maximum atomic E-state index is 14.1. The van der Waals surface area contributed by atoms with Crippen LogP contribution in [0.2, 0.25) is 0 Å². The van der Waals surface area contributed by atoms with Crippen molar-refractivity contribution in [3.8, 4) is 22.6 Å². The van der Waals surface area contributed by atoms with E-state index in [1.54, 1.807) is 87.5 Å². The van der Waals surface area contributed by atoms with Gasteiger partial charge in [-0.2, -0.15) is 0 Å². The quantitative estimate of drug-likeness (QED) is 0.239. The molecule has 0 unspecified atom stereocenters. The lowest BCUT2D eigenvalue weighted by molar-refractivity contribution is 0.0707. The van der Waals surface area contributed by atoms with Gasteiger partial charge in [-0.1, -0.05) is 30.3 Å². The molecule has 196 valence electrons. The number of carbonyl (C=O) groups is 1. The van der Waals surface area contributed by atoms with Crippen molar-refractivity contribution in [1.82, 2.24) is 10.5 Å². The summed E-state index contributed by atoms with van der Waals surface area (Å²) in [6.45, 7) is 1.62. The van der Waals surface area contributed by atoms with Crippen molar-refractivity contribution in [2.24, 2.45) is 0 Å². The number of pyridine rings is 1. The number of ether oxygens (including phenoxy) is 2. The summed E-state index contributed by atoms with van der Waals surface area (Å²) in [7, 11) is -1.06. The predicted octanol–water partition coefficient (Wildman–Crippen LogP) is 4.59. The van der Waals surface area contributed by atoms with Gasteiger partial charge < -0.3 is 9.47 Å². The average Bonchev–Trinajstić information content (AvgIpc) is 2.95. The van der Waals surface area contributed by atoms with Crippen LogP contribution in [-0.2, 0) is 16.6 Å². The topological polar surface area (TPSA) is 118 Å². The third-order valence-corrected chi connectivity index (χ3v) is 7.80. The van der Waals surface area contributed by atoms with Crippen LogP contribution in [0.4, 0.5) is 5.69 Å². The van der Waals surface area contributed by atoms with Gasteiger partial charge in [0.2, 0.25) is 0 Å². The molecule has 1 aromatic heterocycles. The van der Waals surface area contributed by atoms with E-state index in [1.807, 2.05) is 6.07 Å². The Kier molecular flexibility index (Phi) is 7.94. The maximum Gasteiger partial charge on any atom is 0.276 e. The lowest BCUT2D eigenvalue weighted by Crippen LogP contribution is -2.34. The van der Waals surface area contributed by atoms with Gasteiger partial charge in [-0.3, -0.25) is 19.3 Å². The first-order valence-corrected chi connectivity index (χ1v) is 13.0. The number of hydrogen-bond donors (Lipinski definition) is 2. The van der Waals surface area contributed by atoms with E-state index in [1.165, 1.54) is 18.2 Å². The Bertz CT molecular complexity index is 1540. The van der Waals surface area contributed by atoms with Crippen molar-refractivity contribution in [3.63, 3.8) is 0 Å². The monoisotopic (exact) mass is 533 g/mol. The van der Waals surface area contributed by atoms with Gasteiger partial charge in [0.1, 0.15) is 11.5 Å². The molecule has 10 heteroatoms. The summed E-state index contributed by atoms with van der Waals surface area (Å²) in [4.78, 5) is 16.6.